The first-order valence-corrected chi connectivity index (χ1v) is 7.53. The molecule has 0 bridgehead atoms. The van der Waals surface area contributed by atoms with Crippen molar-refractivity contribution in [1.29, 1.82) is 0 Å². The average Bonchev–Trinajstić information content (AvgIpc) is 2.39. The largest absolute Gasteiger partial charge is 0.491 e. The molecule has 1 fully saturated rings. The molecule has 0 radical (unpaired) electrons. The highest BCUT2D eigenvalue weighted by atomic mass is 19.1. The van der Waals surface area contributed by atoms with Gasteiger partial charge < -0.3 is 15.0 Å². The van der Waals surface area contributed by atoms with Crippen LogP contribution in [-0.4, -0.2) is 31.8 Å². The molecule has 4 heteroatoms. The molecule has 2 atom stereocenters. The molecule has 112 valence electrons. The Labute approximate surface area is 121 Å². The normalized spacial score (nSPS) is 24.1. The lowest BCUT2D eigenvalue weighted by Gasteiger charge is -2.32. The lowest BCUT2D eigenvalue weighted by atomic mass is 10.1. The molecule has 1 aromatic carbocycles. The number of rotatable bonds is 3. The van der Waals surface area contributed by atoms with Crippen LogP contribution in [0.25, 0.3) is 0 Å². The molecule has 1 saturated heterocycles. The molecule has 1 N–H and O–H groups in total. The predicted octanol–water partition coefficient (Wildman–Crippen LogP) is 3.19. The van der Waals surface area contributed by atoms with Gasteiger partial charge in [0.25, 0.3) is 0 Å². The maximum Gasteiger partial charge on any atom is 0.167 e. The van der Waals surface area contributed by atoms with Crippen molar-refractivity contribution < 1.29 is 9.13 Å². The van der Waals surface area contributed by atoms with Crippen LogP contribution >= 0.6 is 0 Å². The molecule has 0 saturated carbocycles. The van der Waals surface area contributed by atoms with E-state index in [1.165, 1.54) is 0 Å². The summed E-state index contributed by atoms with van der Waals surface area (Å²) in [5, 5.41) is 3.57. The summed E-state index contributed by atoms with van der Waals surface area (Å²) in [5.74, 6) is 0.0670. The van der Waals surface area contributed by atoms with Crippen LogP contribution in [0.2, 0.25) is 0 Å². The molecule has 0 spiro atoms. The first-order valence-electron chi connectivity index (χ1n) is 7.53. The van der Waals surface area contributed by atoms with Gasteiger partial charge in [0.05, 0.1) is 6.61 Å². The monoisotopic (exact) mass is 280 g/mol. The summed E-state index contributed by atoms with van der Waals surface area (Å²) in [6.07, 6.45) is 2.14. The third-order valence-corrected chi connectivity index (χ3v) is 3.81. The highest BCUT2D eigenvalue weighted by Crippen LogP contribution is 2.25. The van der Waals surface area contributed by atoms with E-state index in [0.29, 0.717) is 24.4 Å². The lowest BCUT2D eigenvalue weighted by Crippen LogP contribution is -2.43. The quantitative estimate of drug-likeness (QED) is 0.920. The molecular weight excluding hydrogens is 255 g/mol. The highest BCUT2D eigenvalue weighted by Gasteiger charge is 2.17. The summed E-state index contributed by atoms with van der Waals surface area (Å²) in [7, 11) is 0. The zero-order valence-electron chi connectivity index (χ0n) is 12.7. The summed E-state index contributed by atoms with van der Waals surface area (Å²) in [4.78, 5) is 2.27. The van der Waals surface area contributed by atoms with E-state index in [-0.39, 0.29) is 5.82 Å². The Hall–Kier alpha value is -1.29. The zero-order valence-corrected chi connectivity index (χ0v) is 12.7. The number of nitrogens with zero attached hydrogens (tertiary/aromatic N) is 1. The van der Waals surface area contributed by atoms with Crippen LogP contribution in [0.4, 0.5) is 10.1 Å². The fraction of sp³-hybridized carbons (Fsp3) is 0.625. The third kappa shape index (κ3) is 3.85. The number of ether oxygens (including phenoxy) is 1. The minimum absolute atomic E-state index is 0.273. The number of halogens is 1. The van der Waals surface area contributed by atoms with Gasteiger partial charge in [-0.2, -0.15) is 0 Å². The van der Waals surface area contributed by atoms with Crippen molar-refractivity contribution in [2.75, 3.05) is 24.6 Å². The maximum atomic E-state index is 14.0. The molecule has 3 nitrogen and oxygen atoms in total. The van der Waals surface area contributed by atoms with Crippen LogP contribution in [0.1, 0.15) is 33.6 Å². The summed E-state index contributed by atoms with van der Waals surface area (Å²) < 4.78 is 19.2. The predicted molar refractivity (Wildman–Crippen MR) is 81.1 cm³/mol. The average molecular weight is 280 g/mol. The number of hydrogen-bond acceptors (Lipinski definition) is 3. The fourth-order valence-corrected chi connectivity index (χ4v) is 2.68. The van der Waals surface area contributed by atoms with Crippen molar-refractivity contribution in [2.24, 2.45) is 0 Å². The van der Waals surface area contributed by atoms with Gasteiger partial charge in [0, 0.05) is 36.9 Å². The fourth-order valence-electron chi connectivity index (χ4n) is 2.68. The molecule has 1 aromatic rings. The standard InChI is InChI=1S/C16H25FN2O/c1-4-20-16-6-5-14(11-15(16)17)19-9-7-12(2)18-13(3)8-10-19/h5-6,11-13,18H,4,7-10H2,1-3H3. The summed E-state index contributed by atoms with van der Waals surface area (Å²) in [5.41, 5.74) is 0.951. The molecule has 1 aliphatic rings. The van der Waals surface area contributed by atoms with Gasteiger partial charge in [-0.3, -0.25) is 0 Å². The Kier molecular flexibility index (Phi) is 5.24. The van der Waals surface area contributed by atoms with Gasteiger partial charge >= 0.3 is 0 Å². The smallest absolute Gasteiger partial charge is 0.167 e. The van der Waals surface area contributed by atoms with Gasteiger partial charge in [0.2, 0.25) is 0 Å². The van der Waals surface area contributed by atoms with Crippen LogP contribution in [-0.2, 0) is 0 Å². The first-order chi connectivity index (χ1) is 9.60. The van der Waals surface area contributed by atoms with Crippen LogP contribution in [0, 0.1) is 5.82 Å². The van der Waals surface area contributed by atoms with Gasteiger partial charge in [-0.15, -0.1) is 0 Å². The van der Waals surface area contributed by atoms with E-state index in [9.17, 15) is 4.39 Å². The van der Waals surface area contributed by atoms with E-state index in [2.05, 4.69) is 24.1 Å². The van der Waals surface area contributed by atoms with E-state index < -0.39 is 0 Å². The van der Waals surface area contributed by atoms with Crippen LogP contribution in [0.3, 0.4) is 0 Å². The van der Waals surface area contributed by atoms with Crippen LogP contribution < -0.4 is 15.0 Å². The van der Waals surface area contributed by atoms with Gasteiger partial charge in [-0.25, -0.2) is 4.39 Å². The van der Waals surface area contributed by atoms with E-state index in [0.717, 1.165) is 31.6 Å². The van der Waals surface area contributed by atoms with Crippen molar-refractivity contribution in [1.82, 2.24) is 5.32 Å². The van der Waals surface area contributed by atoms with Crippen molar-refractivity contribution in [3.05, 3.63) is 24.0 Å². The molecule has 0 aromatic heterocycles. The minimum Gasteiger partial charge on any atom is -0.491 e. The van der Waals surface area contributed by atoms with E-state index in [1.54, 1.807) is 12.1 Å². The second-order valence-corrected chi connectivity index (χ2v) is 5.58. The Morgan fingerprint density at radius 1 is 1.25 bits per heavy atom. The van der Waals surface area contributed by atoms with Gasteiger partial charge in [0.15, 0.2) is 11.6 Å². The second kappa shape index (κ2) is 6.93. The van der Waals surface area contributed by atoms with Crippen molar-refractivity contribution in [2.45, 2.75) is 45.7 Å². The topological polar surface area (TPSA) is 24.5 Å². The van der Waals surface area contributed by atoms with Gasteiger partial charge in [-0.05, 0) is 45.7 Å². The highest BCUT2D eigenvalue weighted by molar-refractivity contribution is 5.50. The molecule has 20 heavy (non-hydrogen) atoms. The van der Waals surface area contributed by atoms with Crippen molar-refractivity contribution >= 4 is 5.69 Å². The van der Waals surface area contributed by atoms with Crippen LogP contribution in [0.5, 0.6) is 5.75 Å². The Morgan fingerprint density at radius 3 is 2.45 bits per heavy atom. The van der Waals surface area contributed by atoms with Crippen molar-refractivity contribution in [3.63, 3.8) is 0 Å². The molecule has 1 aliphatic heterocycles. The van der Waals surface area contributed by atoms with E-state index in [4.69, 9.17) is 4.74 Å². The Morgan fingerprint density at radius 2 is 1.90 bits per heavy atom. The second-order valence-electron chi connectivity index (χ2n) is 5.58. The summed E-state index contributed by atoms with van der Waals surface area (Å²) in [6.45, 7) is 8.67. The number of hydrogen-bond donors (Lipinski definition) is 1. The zero-order chi connectivity index (χ0) is 14.5. The Bertz CT molecular complexity index is 426. The molecule has 1 heterocycles. The van der Waals surface area contributed by atoms with E-state index in [1.807, 2.05) is 13.0 Å². The summed E-state index contributed by atoms with van der Waals surface area (Å²) >= 11 is 0. The number of benzene rings is 1. The maximum absolute atomic E-state index is 14.0. The molecule has 2 rings (SSSR count). The lowest BCUT2D eigenvalue weighted by molar-refractivity contribution is 0.321. The third-order valence-electron chi connectivity index (χ3n) is 3.81. The van der Waals surface area contributed by atoms with Gasteiger partial charge in [0.1, 0.15) is 0 Å². The van der Waals surface area contributed by atoms with Gasteiger partial charge in [-0.1, -0.05) is 0 Å². The first kappa shape index (κ1) is 15.1. The number of nitrogens with one attached hydrogen (secondary N) is 1. The SMILES string of the molecule is CCOc1ccc(N2CCC(C)NC(C)CC2)cc1F. The summed E-state index contributed by atoms with van der Waals surface area (Å²) in [6, 6.07) is 6.28. The number of anilines is 1. The molecule has 0 aliphatic carbocycles. The van der Waals surface area contributed by atoms with E-state index >= 15 is 0 Å². The molecular formula is C16H25FN2O. The Balaban J connectivity index is 2.11. The molecule has 0 amide bonds. The van der Waals surface area contributed by atoms with Crippen LogP contribution in [0.15, 0.2) is 18.2 Å². The molecule has 2 unspecified atom stereocenters. The minimum atomic E-state index is -0.273. The van der Waals surface area contributed by atoms with Crippen molar-refractivity contribution in [3.8, 4) is 5.75 Å².